The summed E-state index contributed by atoms with van der Waals surface area (Å²) in [4.78, 5) is 8.11. The Balaban J connectivity index is 0.00000182. The number of nitrogens with two attached hydrogens (primary N) is 1. The molecule has 4 nitrogen and oxygen atoms in total. The number of nitrogens with zero attached hydrogens (tertiary/aromatic N) is 3. The van der Waals surface area contributed by atoms with Gasteiger partial charge in [-0.25, -0.2) is 4.98 Å². The summed E-state index contributed by atoms with van der Waals surface area (Å²) in [7, 11) is 0. The molecule has 3 rings (SSSR count). The molecule has 27 heavy (non-hydrogen) atoms. The summed E-state index contributed by atoms with van der Waals surface area (Å²) in [5.74, 6) is 0.401. The molecule has 0 atom stereocenters. The molecule has 1 saturated heterocycles. The first-order chi connectivity index (χ1) is 11.8. The first kappa shape index (κ1) is 23.6. The Morgan fingerprint density at radius 3 is 2.30 bits per heavy atom. The first-order valence-electron chi connectivity index (χ1n) is 7.87. The quantitative estimate of drug-likeness (QED) is 0.710. The van der Waals surface area contributed by atoms with Gasteiger partial charge in [0, 0.05) is 44.6 Å². The smallest absolute Gasteiger partial charge is 0.399 e. The molecule has 0 bridgehead atoms. The van der Waals surface area contributed by atoms with E-state index in [9.17, 15) is 13.2 Å². The highest BCUT2D eigenvalue weighted by Crippen LogP contribution is 2.33. The van der Waals surface area contributed by atoms with Gasteiger partial charge in [-0.2, -0.15) is 13.2 Å². The molecule has 1 aliphatic rings. The Hall–Kier alpha value is -1.41. The number of anilines is 2. The Morgan fingerprint density at radius 2 is 1.74 bits per heavy atom. The molecule has 0 saturated carbocycles. The van der Waals surface area contributed by atoms with Crippen molar-refractivity contribution in [1.82, 2.24) is 9.88 Å². The van der Waals surface area contributed by atoms with Crippen molar-refractivity contribution in [2.24, 2.45) is 0 Å². The highest BCUT2D eigenvalue weighted by molar-refractivity contribution is 6.33. The Morgan fingerprint density at radius 1 is 1.07 bits per heavy atom. The van der Waals surface area contributed by atoms with Crippen LogP contribution in [0.15, 0.2) is 36.5 Å². The third-order valence-electron chi connectivity index (χ3n) is 4.18. The summed E-state index contributed by atoms with van der Waals surface area (Å²) in [5, 5.41) is 0.0270. The van der Waals surface area contributed by atoms with Crippen LogP contribution in [0.3, 0.4) is 0 Å². The normalized spacial score (nSPS) is 15.0. The molecule has 1 aliphatic heterocycles. The largest absolute Gasteiger partial charge is 0.417 e. The highest BCUT2D eigenvalue weighted by atomic mass is 35.5. The van der Waals surface area contributed by atoms with Crippen molar-refractivity contribution in [3.8, 4) is 0 Å². The van der Waals surface area contributed by atoms with Gasteiger partial charge in [0.2, 0.25) is 0 Å². The summed E-state index contributed by atoms with van der Waals surface area (Å²) in [6.45, 7) is 3.63. The number of hydrogen-bond acceptors (Lipinski definition) is 4. The maximum atomic E-state index is 12.7. The number of hydrogen-bond donors (Lipinski definition) is 1. The van der Waals surface area contributed by atoms with Crippen LogP contribution in [0, 0.1) is 0 Å². The van der Waals surface area contributed by atoms with Crippen LogP contribution >= 0.6 is 36.4 Å². The molecule has 10 heteroatoms. The van der Waals surface area contributed by atoms with Crippen molar-refractivity contribution in [3.63, 3.8) is 0 Å². The van der Waals surface area contributed by atoms with Gasteiger partial charge < -0.3 is 10.6 Å². The maximum absolute atomic E-state index is 12.7. The van der Waals surface area contributed by atoms with Gasteiger partial charge in [0.1, 0.15) is 5.82 Å². The van der Waals surface area contributed by atoms with Gasteiger partial charge in [0.25, 0.3) is 0 Å². The van der Waals surface area contributed by atoms with Gasteiger partial charge in [0.15, 0.2) is 0 Å². The lowest BCUT2D eigenvalue weighted by Gasteiger charge is -2.35. The van der Waals surface area contributed by atoms with Gasteiger partial charge in [-0.3, -0.25) is 4.90 Å². The molecule has 1 aromatic heterocycles. The van der Waals surface area contributed by atoms with E-state index < -0.39 is 11.7 Å². The van der Waals surface area contributed by atoms with Crippen LogP contribution in [0.2, 0.25) is 5.02 Å². The number of alkyl halides is 3. The minimum Gasteiger partial charge on any atom is -0.399 e. The van der Waals surface area contributed by atoms with Crippen molar-refractivity contribution in [2.75, 3.05) is 36.8 Å². The molecule has 1 aromatic carbocycles. The van der Waals surface area contributed by atoms with Gasteiger partial charge >= 0.3 is 6.18 Å². The molecule has 150 valence electrons. The van der Waals surface area contributed by atoms with Gasteiger partial charge in [-0.15, -0.1) is 24.8 Å². The van der Waals surface area contributed by atoms with E-state index in [4.69, 9.17) is 17.3 Å². The monoisotopic (exact) mass is 442 g/mol. The lowest BCUT2D eigenvalue weighted by atomic mass is 10.1. The Kier molecular flexibility index (Phi) is 8.48. The predicted molar refractivity (Wildman–Crippen MR) is 107 cm³/mol. The fraction of sp³-hybridized carbons (Fsp3) is 0.353. The third kappa shape index (κ3) is 6.04. The molecule has 0 radical (unpaired) electrons. The van der Waals surface area contributed by atoms with E-state index in [1.54, 1.807) is 0 Å². The average molecular weight is 444 g/mol. The second-order valence-corrected chi connectivity index (χ2v) is 6.44. The number of halogens is 6. The van der Waals surface area contributed by atoms with Crippen LogP contribution in [-0.2, 0) is 12.7 Å². The van der Waals surface area contributed by atoms with Crippen LogP contribution in [0.25, 0.3) is 0 Å². The zero-order chi connectivity index (χ0) is 18.0. The van der Waals surface area contributed by atoms with Crippen LogP contribution < -0.4 is 10.6 Å². The van der Waals surface area contributed by atoms with E-state index in [1.165, 1.54) is 0 Å². The number of pyridine rings is 1. The standard InChI is InChI=1S/C17H18ClF3N4.2ClH/c18-15-9-13(17(19,20)21)10-23-16(15)25-6-4-24(5-7-25)11-12-2-1-3-14(22)8-12;;/h1-3,8-10H,4-7,11,22H2;2*1H. The van der Waals surface area contributed by atoms with Crippen molar-refractivity contribution in [3.05, 3.63) is 52.7 Å². The lowest BCUT2D eigenvalue weighted by Crippen LogP contribution is -2.46. The number of piperazine rings is 1. The molecule has 1 fully saturated rings. The van der Waals surface area contributed by atoms with Crippen LogP contribution in [-0.4, -0.2) is 36.1 Å². The van der Waals surface area contributed by atoms with E-state index in [0.717, 1.165) is 43.1 Å². The molecule has 2 heterocycles. The Labute approximate surface area is 173 Å². The average Bonchev–Trinajstić information content (AvgIpc) is 2.55. The minimum absolute atomic E-state index is 0. The molecular formula is C17H20Cl3F3N4. The molecular weight excluding hydrogens is 424 g/mol. The minimum atomic E-state index is -4.44. The highest BCUT2D eigenvalue weighted by Gasteiger charge is 2.32. The summed E-state index contributed by atoms with van der Waals surface area (Å²) < 4.78 is 38.1. The van der Waals surface area contributed by atoms with Crippen LogP contribution in [0.4, 0.5) is 24.7 Å². The summed E-state index contributed by atoms with van der Waals surface area (Å²) in [5.41, 5.74) is 6.83. The second kappa shape index (κ2) is 9.68. The summed E-state index contributed by atoms with van der Waals surface area (Å²) in [6.07, 6.45) is -3.61. The zero-order valence-electron chi connectivity index (χ0n) is 14.2. The predicted octanol–water partition coefficient (Wildman–Crippen LogP) is 4.50. The zero-order valence-corrected chi connectivity index (χ0v) is 16.6. The fourth-order valence-electron chi connectivity index (χ4n) is 2.89. The molecule has 0 unspecified atom stereocenters. The first-order valence-corrected chi connectivity index (χ1v) is 8.25. The van der Waals surface area contributed by atoms with Crippen LogP contribution in [0.5, 0.6) is 0 Å². The maximum Gasteiger partial charge on any atom is 0.417 e. The van der Waals surface area contributed by atoms with E-state index in [0.29, 0.717) is 18.9 Å². The number of benzene rings is 1. The third-order valence-corrected chi connectivity index (χ3v) is 4.46. The van der Waals surface area contributed by atoms with Crippen molar-refractivity contribution >= 4 is 47.9 Å². The van der Waals surface area contributed by atoms with E-state index in [2.05, 4.69) is 9.88 Å². The van der Waals surface area contributed by atoms with Crippen LogP contribution in [0.1, 0.15) is 11.1 Å². The van der Waals surface area contributed by atoms with E-state index in [-0.39, 0.29) is 29.8 Å². The molecule has 0 spiro atoms. The topological polar surface area (TPSA) is 45.4 Å². The fourth-order valence-corrected chi connectivity index (χ4v) is 3.17. The molecule has 2 aromatic rings. The number of aromatic nitrogens is 1. The van der Waals surface area contributed by atoms with Crippen molar-refractivity contribution < 1.29 is 13.2 Å². The number of nitrogen functional groups attached to an aromatic ring is 1. The van der Waals surface area contributed by atoms with Gasteiger partial charge in [-0.1, -0.05) is 23.7 Å². The Bertz CT molecular complexity index is 750. The molecule has 0 aliphatic carbocycles. The van der Waals surface area contributed by atoms with E-state index >= 15 is 0 Å². The number of rotatable bonds is 3. The molecule has 2 N–H and O–H groups in total. The van der Waals surface area contributed by atoms with Gasteiger partial charge in [-0.05, 0) is 23.8 Å². The van der Waals surface area contributed by atoms with Crippen molar-refractivity contribution in [1.29, 1.82) is 0 Å². The van der Waals surface area contributed by atoms with Gasteiger partial charge in [0.05, 0.1) is 10.6 Å². The van der Waals surface area contributed by atoms with E-state index in [1.807, 2.05) is 29.2 Å². The summed E-state index contributed by atoms with van der Waals surface area (Å²) >= 11 is 6.02. The lowest BCUT2D eigenvalue weighted by molar-refractivity contribution is -0.137. The summed E-state index contributed by atoms with van der Waals surface area (Å²) in [6, 6.07) is 8.67. The molecule has 0 amide bonds. The SMILES string of the molecule is Cl.Cl.Nc1cccc(CN2CCN(c3ncc(C(F)(F)F)cc3Cl)CC2)c1. The van der Waals surface area contributed by atoms with Crippen molar-refractivity contribution in [2.45, 2.75) is 12.7 Å². The second-order valence-electron chi connectivity index (χ2n) is 6.04.